The summed E-state index contributed by atoms with van der Waals surface area (Å²) in [6, 6.07) is 22.4. The summed E-state index contributed by atoms with van der Waals surface area (Å²) in [5.41, 5.74) is 2.53. The first-order valence-electron chi connectivity index (χ1n) is 10.4. The Bertz CT molecular complexity index is 1170. The predicted molar refractivity (Wildman–Crippen MR) is 123 cm³/mol. The van der Waals surface area contributed by atoms with Crippen LogP contribution in [0.3, 0.4) is 0 Å². The number of rotatable bonds is 11. The average molecular weight is 462 g/mol. The van der Waals surface area contributed by atoms with Gasteiger partial charge < -0.3 is 19.4 Å². The number of halogens is 1. The summed E-state index contributed by atoms with van der Waals surface area (Å²) in [5.74, 6) is -1.71. The van der Waals surface area contributed by atoms with Crippen LogP contribution in [-0.2, 0) is 16.2 Å². The molecule has 0 heterocycles. The summed E-state index contributed by atoms with van der Waals surface area (Å²) in [4.78, 5) is 15.7. The van der Waals surface area contributed by atoms with Gasteiger partial charge in [-0.3, -0.25) is 4.79 Å². The second kappa shape index (κ2) is 12.0. The molecule has 0 bridgehead atoms. The van der Waals surface area contributed by atoms with Crippen molar-refractivity contribution in [3.05, 3.63) is 95.3 Å². The molecule has 0 saturated carbocycles. The molecule has 0 spiro atoms. The Hall–Kier alpha value is -4.38. The van der Waals surface area contributed by atoms with Crippen LogP contribution in [0.1, 0.15) is 29.0 Å². The first-order valence-corrected chi connectivity index (χ1v) is 10.4. The maximum absolute atomic E-state index is 14.6. The molecular formula is C26H23FN2O5. The van der Waals surface area contributed by atoms with Gasteiger partial charge in [0.05, 0.1) is 18.4 Å². The Morgan fingerprint density at radius 2 is 1.82 bits per heavy atom. The smallest absolute Gasteiger partial charge is 0.305 e. The molecule has 0 fully saturated rings. The van der Waals surface area contributed by atoms with Gasteiger partial charge in [0.15, 0.2) is 11.6 Å². The van der Waals surface area contributed by atoms with Crippen molar-refractivity contribution >= 4 is 11.7 Å². The van der Waals surface area contributed by atoms with Crippen LogP contribution in [0.5, 0.6) is 11.5 Å². The Labute approximate surface area is 196 Å². The van der Waals surface area contributed by atoms with Crippen molar-refractivity contribution in [1.29, 1.82) is 5.26 Å². The van der Waals surface area contributed by atoms with E-state index in [1.165, 1.54) is 19.2 Å². The van der Waals surface area contributed by atoms with Crippen molar-refractivity contribution < 1.29 is 28.6 Å². The normalized spacial score (nSPS) is 11.9. The third-order valence-corrected chi connectivity index (χ3v) is 4.89. The van der Waals surface area contributed by atoms with Gasteiger partial charge in [-0.15, -0.1) is 0 Å². The molecule has 34 heavy (non-hydrogen) atoms. The van der Waals surface area contributed by atoms with Crippen LogP contribution in [0.25, 0.3) is 0 Å². The van der Waals surface area contributed by atoms with Crippen molar-refractivity contribution in [2.45, 2.75) is 18.9 Å². The first kappa shape index (κ1) is 24.3. The van der Waals surface area contributed by atoms with E-state index >= 15 is 0 Å². The lowest BCUT2D eigenvalue weighted by Gasteiger charge is -2.12. The largest absolute Gasteiger partial charge is 0.489 e. The van der Waals surface area contributed by atoms with Crippen LogP contribution in [0.4, 0.5) is 4.39 Å². The SMILES string of the molecule is CON=C(COc1ccc(COc2ccc(C(C#N)CC(=O)O)cc2)cc1F)c1ccccc1. The molecule has 3 aromatic carbocycles. The molecule has 7 nitrogen and oxygen atoms in total. The molecule has 3 aromatic rings. The number of carboxylic acid groups (broad SMARTS) is 1. The van der Waals surface area contributed by atoms with E-state index in [-0.39, 0.29) is 25.4 Å². The summed E-state index contributed by atoms with van der Waals surface area (Å²) in [6.07, 6.45) is -0.269. The zero-order chi connectivity index (χ0) is 24.3. The van der Waals surface area contributed by atoms with Crippen molar-refractivity contribution in [1.82, 2.24) is 0 Å². The van der Waals surface area contributed by atoms with Crippen LogP contribution >= 0.6 is 0 Å². The molecule has 0 amide bonds. The van der Waals surface area contributed by atoms with Crippen LogP contribution in [0.15, 0.2) is 78.0 Å². The molecule has 174 valence electrons. The molecular weight excluding hydrogens is 439 g/mol. The number of nitriles is 1. The molecule has 3 rings (SSSR count). The lowest BCUT2D eigenvalue weighted by molar-refractivity contribution is -0.137. The van der Waals surface area contributed by atoms with Crippen LogP contribution in [0, 0.1) is 17.1 Å². The van der Waals surface area contributed by atoms with E-state index in [2.05, 4.69) is 5.16 Å². The fraction of sp³-hybridized carbons (Fsp3) is 0.192. The lowest BCUT2D eigenvalue weighted by atomic mass is 9.97. The van der Waals surface area contributed by atoms with Crippen molar-refractivity contribution in [2.24, 2.45) is 5.16 Å². The van der Waals surface area contributed by atoms with E-state index in [1.807, 2.05) is 36.4 Å². The topological polar surface area (TPSA) is 101 Å². The maximum atomic E-state index is 14.6. The van der Waals surface area contributed by atoms with E-state index in [1.54, 1.807) is 30.3 Å². The molecule has 0 radical (unpaired) electrons. The zero-order valence-corrected chi connectivity index (χ0v) is 18.5. The van der Waals surface area contributed by atoms with Crippen LogP contribution < -0.4 is 9.47 Å². The molecule has 1 N–H and O–H groups in total. The summed E-state index contributed by atoms with van der Waals surface area (Å²) < 4.78 is 25.9. The Morgan fingerprint density at radius 1 is 1.09 bits per heavy atom. The Morgan fingerprint density at radius 3 is 2.44 bits per heavy atom. The van der Waals surface area contributed by atoms with E-state index in [0.717, 1.165) is 5.56 Å². The molecule has 0 aliphatic rings. The molecule has 1 atom stereocenters. The second-order valence-electron chi connectivity index (χ2n) is 7.28. The molecule has 8 heteroatoms. The quantitative estimate of drug-likeness (QED) is 0.321. The van der Waals surface area contributed by atoms with E-state index in [9.17, 15) is 9.18 Å². The van der Waals surface area contributed by atoms with Crippen LogP contribution in [-0.4, -0.2) is 30.5 Å². The van der Waals surface area contributed by atoms with Gasteiger partial charge in [0.25, 0.3) is 0 Å². The van der Waals surface area contributed by atoms with Crippen LogP contribution in [0.2, 0.25) is 0 Å². The van der Waals surface area contributed by atoms with Gasteiger partial charge in [-0.05, 0) is 35.4 Å². The summed E-state index contributed by atoms with van der Waals surface area (Å²) >= 11 is 0. The number of hydrogen-bond donors (Lipinski definition) is 1. The fourth-order valence-electron chi connectivity index (χ4n) is 3.18. The number of carbonyl (C=O) groups is 1. The van der Waals surface area contributed by atoms with Crippen molar-refractivity contribution in [3.8, 4) is 17.6 Å². The molecule has 0 aromatic heterocycles. The molecule has 1 unspecified atom stereocenters. The highest BCUT2D eigenvalue weighted by Gasteiger charge is 2.15. The maximum Gasteiger partial charge on any atom is 0.305 e. The molecule has 0 aliphatic heterocycles. The molecule has 0 aliphatic carbocycles. The summed E-state index contributed by atoms with van der Waals surface area (Å²) in [5, 5.41) is 22.0. The first-order chi connectivity index (χ1) is 16.5. The van der Waals surface area contributed by atoms with Crippen molar-refractivity contribution in [2.75, 3.05) is 13.7 Å². The van der Waals surface area contributed by atoms with Gasteiger partial charge in [-0.25, -0.2) is 4.39 Å². The van der Waals surface area contributed by atoms with E-state index in [0.29, 0.717) is 22.6 Å². The van der Waals surface area contributed by atoms with Gasteiger partial charge in [-0.2, -0.15) is 5.26 Å². The predicted octanol–water partition coefficient (Wildman–Crippen LogP) is 4.92. The number of hydrogen-bond acceptors (Lipinski definition) is 6. The van der Waals surface area contributed by atoms with Crippen molar-refractivity contribution in [3.63, 3.8) is 0 Å². The molecule has 0 saturated heterocycles. The zero-order valence-electron chi connectivity index (χ0n) is 18.5. The standard InChI is InChI=1S/C26H23FN2O5/c1-32-29-24(20-5-3-2-4-6-20)17-34-25-12-7-18(13-23(25)27)16-33-22-10-8-19(9-11-22)21(15-28)14-26(30)31/h2-13,21H,14,16-17H2,1H3,(H,30,31). The fourth-order valence-corrected chi connectivity index (χ4v) is 3.18. The highest BCUT2D eigenvalue weighted by molar-refractivity contribution is 6.01. The number of carboxylic acids is 1. The number of nitrogens with zero attached hydrogens (tertiary/aromatic N) is 2. The summed E-state index contributed by atoms with van der Waals surface area (Å²) in [6.45, 7) is 0.149. The third-order valence-electron chi connectivity index (χ3n) is 4.89. The Balaban J connectivity index is 1.58. The minimum absolute atomic E-state index is 0.0303. The highest BCUT2D eigenvalue weighted by Crippen LogP contribution is 2.24. The Kier molecular flexibility index (Phi) is 8.58. The van der Waals surface area contributed by atoms with Gasteiger partial charge in [0, 0.05) is 5.56 Å². The van der Waals surface area contributed by atoms with E-state index < -0.39 is 17.7 Å². The van der Waals surface area contributed by atoms with Gasteiger partial charge in [0.1, 0.15) is 31.8 Å². The number of benzene rings is 3. The average Bonchev–Trinajstić information content (AvgIpc) is 2.85. The summed E-state index contributed by atoms with van der Waals surface area (Å²) in [7, 11) is 1.43. The minimum atomic E-state index is -1.04. The lowest BCUT2D eigenvalue weighted by Crippen LogP contribution is -2.14. The monoisotopic (exact) mass is 462 g/mol. The second-order valence-corrected chi connectivity index (χ2v) is 7.28. The minimum Gasteiger partial charge on any atom is -0.489 e. The number of oxime groups is 1. The number of ether oxygens (including phenoxy) is 2. The van der Waals surface area contributed by atoms with E-state index in [4.69, 9.17) is 24.7 Å². The highest BCUT2D eigenvalue weighted by atomic mass is 19.1. The van der Waals surface area contributed by atoms with Gasteiger partial charge in [0.2, 0.25) is 0 Å². The van der Waals surface area contributed by atoms with Gasteiger partial charge in [-0.1, -0.05) is 53.7 Å². The third kappa shape index (κ3) is 6.81. The number of aliphatic carboxylic acids is 1. The van der Waals surface area contributed by atoms with Gasteiger partial charge >= 0.3 is 5.97 Å².